The molecular weight excluding hydrogens is 214 g/mol. The van der Waals surface area contributed by atoms with E-state index in [1.165, 1.54) is 0 Å². The predicted molar refractivity (Wildman–Crippen MR) is 60.1 cm³/mol. The topological polar surface area (TPSA) is 38.1 Å². The monoisotopic (exact) mass is 229 g/mol. The van der Waals surface area contributed by atoms with Gasteiger partial charge in [-0.15, -0.1) is 11.6 Å². The van der Waals surface area contributed by atoms with E-state index in [-0.39, 0.29) is 5.91 Å². The zero-order valence-electron chi connectivity index (χ0n) is 9.11. The Kier molecular flexibility index (Phi) is 4.62. The zero-order chi connectivity index (χ0) is 11.3. The van der Waals surface area contributed by atoms with Crippen LogP contribution in [-0.4, -0.2) is 39.6 Å². The molecule has 0 saturated heterocycles. The maximum atomic E-state index is 11.9. The molecule has 0 spiro atoms. The number of aryl methyl sites for hydroxylation is 1. The standard InChI is InChI=1S/C10H16ClN3O/c1-3-14(6-4-5-11)10(15)9-7-12-13(2)8-9/h7-8H,3-6H2,1-2H3. The largest absolute Gasteiger partial charge is 0.339 e. The summed E-state index contributed by atoms with van der Waals surface area (Å²) in [4.78, 5) is 13.7. The van der Waals surface area contributed by atoms with Crippen molar-refractivity contribution in [2.45, 2.75) is 13.3 Å². The fourth-order valence-electron chi connectivity index (χ4n) is 1.37. The molecule has 1 amide bonds. The number of rotatable bonds is 5. The van der Waals surface area contributed by atoms with Gasteiger partial charge in [0.1, 0.15) is 0 Å². The van der Waals surface area contributed by atoms with Gasteiger partial charge >= 0.3 is 0 Å². The van der Waals surface area contributed by atoms with Crippen LogP contribution in [0.3, 0.4) is 0 Å². The maximum absolute atomic E-state index is 11.9. The number of hydrogen-bond donors (Lipinski definition) is 0. The van der Waals surface area contributed by atoms with Crippen LogP contribution in [0.2, 0.25) is 0 Å². The molecular formula is C10H16ClN3O. The molecule has 84 valence electrons. The average molecular weight is 230 g/mol. The highest BCUT2D eigenvalue weighted by molar-refractivity contribution is 6.17. The van der Waals surface area contributed by atoms with E-state index in [0.29, 0.717) is 24.5 Å². The van der Waals surface area contributed by atoms with Gasteiger partial charge in [0.2, 0.25) is 0 Å². The van der Waals surface area contributed by atoms with Crippen molar-refractivity contribution in [1.29, 1.82) is 0 Å². The van der Waals surface area contributed by atoms with Gasteiger partial charge in [-0.05, 0) is 13.3 Å². The van der Waals surface area contributed by atoms with Gasteiger partial charge < -0.3 is 4.90 Å². The van der Waals surface area contributed by atoms with E-state index in [1.807, 2.05) is 6.92 Å². The van der Waals surface area contributed by atoms with Gasteiger partial charge in [0.15, 0.2) is 0 Å². The zero-order valence-corrected chi connectivity index (χ0v) is 9.87. The van der Waals surface area contributed by atoms with Crippen LogP contribution >= 0.6 is 11.6 Å². The summed E-state index contributed by atoms with van der Waals surface area (Å²) >= 11 is 5.60. The Hall–Kier alpha value is -1.03. The molecule has 0 bridgehead atoms. The molecule has 0 radical (unpaired) electrons. The van der Waals surface area contributed by atoms with E-state index in [1.54, 1.807) is 29.0 Å². The van der Waals surface area contributed by atoms with Gasteiger partial charge in [-0.1, -0.05) is 0 Å². The van der Waals surface area contributed by atoms with Crippen molar-refractivity contribution in [1.82, 2.24) is 14.7 Å². The quantitative estimate of drug-likeness (QED) is 0.718. The summed E-state index contributed by atoms with van der Waals surface area (Å²) in [6.45, 7) is 3.36. The Morgan fingerprint density at radius 1 is 1.67 bits per heavy atom. The molecule has 0 aliphatic heterocycles. The molecule has 0 unspecified atom stereocenters. The van der Waals surface area contributed by atoms with Gasteiger partial charge in [0.05, 0.1) is 11.8 Å². The first-order valence-electron chi connectivity index (χ1n) is 5.03. The number of aromatic nitrogens is 2. The molecule has 5 heteroatoms. The van der Waals surface area contributed by atoms with Crippen LogP contribution in [-0.2, 0) is 7.05 Å². The number of alkyl halides is 1. The van der Waals surface area contributed by atoms with Crippen LogP contribution in [0.4, 0.5) is 0 Å². The van der Waals surface area contributed by atoms with Crippen LogP contribution in [0.1, 0.15) is 23.7 Å². The average Bonchev–Trinajstić information content (AvgIpc) is 2.65. The number of halogens is 1. The number of hydrogen-bond acceptors (Lipinski definition) is 2. The normalized spacial score (nSPS) is 10.3. The van der Waals surface area contributed by atoms with Crippen molar-refractivity contribution < 1.29 is 4.79 Å². The summed E-state index contributed by atoms with van der Waals surface area (Å²) in [5.74, 6) is 0.604. The maximum Gasteiger partial charge on any atom is 0.257 e. The van der Waals surface area contributed by atoms with Gasteiger partial charge in [0, 0.05) is 32.2 Å². The lowest BCUT2D eigenvalue weighted by atomic mass is 10.3. The van der Waals surface area contributed by atoms with Crippen molar-refractivity contribution in [3.8, 4) is 0 Å². The summed E-state index contributed by atoms with van der Waals surface area (Å²) in [5, 5.41) is 3.98. The van der Waals surface area contributed by atoms with Crippen LogP contribution in [0, 0.1) is 0 Å². The van der Waals surface area contributed by atoms with Crippen LogP contribution < -0.4 is 0 Å². The summed E-state index contributed by atoms with van der Waals surface area (Å²) < 4.78 is 1.63. The second-order valence-corrected chi connectivity index (χ2v) is 3.71. The van der Waals surface area contributed by atoms with E-state index < -0.39 is 0 Å². The molecule has 0 aromatic carbocycles. The van der Waals surface area contributed by atoms with Crippen molar-refractivity contribution in [3.05, 3.63) is 18.0 Å². The Labute approximate surface area is 94.8 Å². The highest BCUT2D eigenvalue weighted by Gasteiger charge is 2.14. The van der Waals surface area contributed by atoms with E-state index in [2.05, 4.69) is 5.10 Å². The first-order chi connectivity index (χ1) is 7.19. The predicted octanol–water partition coefficient (Wildman–Crippen LogP) is 1.51. The number of nitrogens with zero attached hydrogens (tertiary/aromatic N) is 3. The lowest BCUT2D eigenvalue weighted by molar-refractivity contribution is 0.0765. The third-order valence-corrected chi connectivity index (χ3v) is 2.45. The molecule has 0 saturated carbocycles. The van der Waals surface area contributed by atoms with Gasteiger partial charge in [0.25, 0.3) is 5.91 Å². The Bertz CT molecular complexity index is 324. The van der Waals surface area contributed by atoms with Crippen LogP contribution in [0.5, 0.6) is 0 Å². The molecule has 0 fully saturated rings. The summed E-state index contributed by atoms with van der Waals surface area (Å²) in [5.41, 5.74) is 0.633. The smallest absolute Gasteiger partial charge is 0.257 e. The Morgan fingerprint density at radius 2 is 2.40 bits per heavy atom. The lowest BCUT2D eigenvalue weighted by Gasteiger charge is -2.19. The molecule has 0 aliphatic rings. The van der Waals surface area contributed by atoms with Crippen molar-refractivity contribution >= 4 is 17.5 Å². The minimum absolute atomic E-state index is 0.0238. The SMILES string of the molecule is CCN(CCCCl)C(=O)c1cnn(C)c1. The van der Waals surface area contributed by atoms with Gasteiger partial charge in [-0.25, -0.2) is 0 Å². The van der Waals surface area contributed by atoms with Gasteiger partial charge in [-0.2, -0.15) is 5.10 Å². The summed E-state index contributed by atoms with van der Waals surface area (Å²) in [7, 11) is 1.80. The number of carbonyl (C=O) groups excluding carboxylic acids is 1. The van der Waals surface area contributed by atoms with Gasteiger partial charge in [-0.3, -0.25) is 9.48 Å². The third kappa shape index (κ3) is 3.23. The van der Waals surface area contributed by atoms with E-state index >= 15 is 0 Å². The molecule has 0 atom stereocenters. The number of amides is 1. The minimum atomic E-state index is 0.0238. The third-order valence-electron chi connectivity index (χ3n) is 2.18. The molecule has 1 aromatic rings. The molecule has 15 heavy (non-hydrogen) atoms. The second-order valence-electron chi connectivity index (χ2n) is 3.33. The summed E-state index contributed by atoms with van der Waals surface area (Å²) in [6.07, 6.45) is 4.14. The molecule has 4 nitrogen and oxygen atoms in total. The lowest BCUT2D eigenvalue weighted by Crippen LogP contribution is -2.31. The fourth-order valence-corrected chi connectivity index (χ4v) is 1.49. The Balaban J connectivity index is 2.64. The first kappa shape index (κ1) is 12.0. The van der Waals surface area contributed by atoms with E-state index in [4.69, 9.17) is 11.6 Å². The minimum Gasteiger partial charge on any atom is -0.339 e. The van der Waals surface area contributed by atoms with Crippen molar-refractivity contribution in [2.75, 3.05) is 19.0 Å². The second kappa shape index (κ2) is 5.75. The molecule has 0 N–H and O–H groups in total. The van der Waals surface area contributed by atoms with E-state index in [9.17, 15) is 4.79 Å². The van der Waals surface area contributed by atoms with Crippen LogP contribution in [0.25, 0.3) is 0 Å². The molecule has 1 rings (SSSR count). The molecule has 1 heterocycles. The van der Waals surface area contributed by atoms with Crippen LogP contribution in [0.15, 0.2) is 12.4 Å². The summed E-state index contributed by atoms with van der Waals surface area (Å²) in [6, 6.07) is 0. The van der Waals surface area contributed by atoms with Crippen molar-refractivity contribution in [3.63, 3.8) is 0 Å². The Morgan fingerprint density at radius 3 is 2.87 bits per heavy atom. The fraction of sp³-hybridized carbons (Fsp3) is 0.600. The highest BCUT2D eigenvalue weighted by atomic mass is 35.5. The first-order valence-corrected chi connectivity index (χ1v) is 5.56. The molecule has 0 aliphatic carbocycles. The van der Waals surface area contributed by atoms with E-state index in [0.717, 1.165) is 6.42 Å². The van der Waals surface area contributed by atoms with Crippen molar-refractivity contribution in [2.24, 2.45) is 7.05 Å². The number of carbonyl (C=O) groups is 1. The molecule has 1 aromatic heterocycles. The highest BCUT2D eigenvalue weighted by Crippen LogP contribution is 2.04.